The zero-order valence-corrected chi connectivity index (χ0v) is 14.1. The number of esters is 1. The largest absolute Gasteiger partial charge is 0.534 e. The summed E-state index contributed by atoms with van der Waals surface area (Å²) in [5, 5.41) is 0. The van der Waals surface area contributed by atoms with E-state index in [2.05, 4.69) is 28.4 Å². The molecular weight excluding hydrogens is 328 g/mol. The smallest absolute Gasteiger partial charge is 0.460 e. The molecule has 0 heterocycles. The highest BCUT2D eigenvalue weighted by Gasteiger charge is 2.53. The monoisotopic (exact) mass is 350 g/mol. The molecule has 0 spiro atoms. The van der Waals surface area contributed by atoms with E-state index in [-0.39, 0.29) is 25.6 Å². The fourth-order valence-electron chi connectivity index (χ4n) is 1.20. The minimum Gasteiger partial charge on any atom is -0.460 e. The van der Waals surface area contributed by atoms with Crippen LogP contribution in [0.5, 0.6) is 0 Å². The summed E-state index contributed by atoms with van der Waals surface area (Å²) < 4.78 is 27.1. The molecule has 0 fully saturated rings. The first-order chi connectivity index (χ1) is 11.3. The van der Waals surface area contributed by atoms with Crippen molar-refractivity contribution in [2.45, 2.75) is 39.6 Å². The summed E-state index contributed by atoms with van der Waals surface area (Å²) in [7, 11) is 0.903. The lowest BCUT2D eigenvalue weighted by molar-refractivity contribution is -0.308. The lowest BCUT2D eigenvalue weighted by Crippen LogP contribution is -2.50. The molecule has 24 heavy (non-hydrogen) atoms. The lowest BCUT2D eigenvalue weighted by Gasteiger charge is -2.25. The fourth-order valence-corrected chi connectivity index (χ4v) is 1.20. The Morgan fingerprint density at radius 1 is 1.08 bits per heavy atom. The molecule has 0 amide bonds. The molecule has 0 aromatic heterocycles. The molecule has 0 aromatic rings. The minimum atomic E-state index is -3.09. The van der Waals surface area contributed by atoms with Gasteiger partial charge in [-0.05, 0) is 12.3 Å². The van der Waals surface area contributed by atoms with E-state index in [0.29, 0.717) is 6.42 Å². The molecule has 0 radical (unpaired) electrons. The van der Waals surface area contributed by atoms with Crippen molar-refractivity contribution in [2.24, 2.45) is 5.92 Å². The summed E-state index contributed by atoms with van der Waals surface area (Å²) >= 11 is 0. The maximum atomic E-state index is 11.8. The molecule has 0 saturated carbocycles. The summed E-state index contributed by atoms with van der Waals surface area (Å²) in [5.41, 5.74) is 0. The molecule has 0 N–H and O–H groups in total. The van der Waals surface area contributed by atoms with Crippen molar-refractivity contribution in [1.82, 2.24) is 0 Å². The summed E-state index contributed by atoms with van der Waals surface area (Å²) in [6.07, 6.45) is -1.53. The van der Waals surface area contributed by atoms with Crippen molar-refractivity contribution in [1.29, 1.82) is 0 Å². The van der Waals surface area contributed by atoms with Crippen LogP contribution in [0.15, 0.2) is 0 Å². The predicted octanol–water partition coefficient (Wildman–Crippen LogP) is 1.75. The quantitative estimate of drug-likeness (QED) is 0.189. The molecule has 1 atom stereocenters. The van der Waals surface area contributed by atoms with Crippen LogP contribution in [0.1, 0.15) is 33.6 Å². The average molecular weight is 350 g/mol. The van der Waals surface area contributed by atoms with Crippen LogP contribution in [-0.4, -0.2) is 51.0 Å². The van der Waals surface area contributed by atoms with E-state index >= 15 is 0 Å². The second kappa shape index (κ2) is 11.1. The molecule has 0 bridgehead atoms. The summed E-state index contributed by atoms with van der Waals surface area (Å²) in [6, 6.07) is 0. The van der Waals surface area contributed by atoms with Crippen LogP contribution < -0.4 is 0 Å². The number of methoxy groups -OCH3 is 1. The van der Waals surface area contributed by atoms with E-state index in [9.17, 15) is 19.2 Å². The standard InChI is InChI=1S/C14H22O10/c1-5-6-7-20-12(17)23-14(22-9-15,11(16)19-4)24-13(18)21-8-10(2)3/h9-10H,5-8H2,1-4H3. The van der Waals surface area contributed by atoms with Gasteiger partial charge in [-0.25, -0.2) is 14.4 Å². The Bertz CT molecular complexity index is 433. The molecule has 0 aliphatic heterocycles. The van der Waals surface area contributed by atoms with Gasteiger partial charge in [-0.3, -0.25) is 4.79 Å². The van der Waals surface area contributed by atoms with E-state index in [4.69, 9.17) is 0 Å². The Balaban J connectivity index is 5.11. The van der Waals surface area contributed by atoms with Gasteiger partial charge in [0.2, 0.25) is 0 Å². The number of ether oxygens (including phenoxy) is 6. The van der Waals surface area contributed by atoms with Crippen molar-refractivity contribution in [3.63, 3.8) is 0 Å². The molecule has 10 heteroatoms. The van der Waals surface area contributed by atoms with Gasteiger partial charge in [0.1, 0.15) is 0 Å². The van der Waals surface area contributed by atoms with E-state index in [1.807, 2.05) is 6.92 Å². The van der Waals surface area contributed by atoms with E-state index in [0.717, 1.165) is 13.5 Å². The van der Waals surface area contributed by atoms with Crippen LogP contribution in [0.4, 0.5) is 9.59 Å². The van der Waals surface area contributed by atoms with Gasteiger partial charge in [-0.1, -0.05) is 27.2 Å². The average Bonchev–Trinajstić information content (AvgIpc) is 2.52. The number of carbonyl (C=O) groups excluding carboxylic acids is 4. The summed E-state index contributed by atoms with van der Waals surface area (Å²) in [4.78, 5) is 45.6. The topological polar surface area (TPSA) is 124 Å². The molecule has 0 aliphatic carbocycles. The van der Waals surface area contributed by atoms with Crippen molar-refractivity contribution in [3.8, 4) is 0 Å². The molecule has 0 aliphatic rings. The first-order valence-electron chi connectivity index (χ1n) is 7.22. The Morgan fingerprint density at radius 3 is 2.12 bits per heavy atom. The van der Waals surface area contributed by atoms with Gasteiger partial charge in [-0.2, -0.15) is 0 Å². The molecule has 138 valence electrons. The SMILES string of the molecule is CCCCOC(=O)OC(OC=O)(OC(=O)OCC(C)C)C(=O)OC. The maximum absolute atomic E-state index is 11.8. The van der Waals surface area contributed by atoms with Gasteiger partial charge in [0, 0.05) is 0 Å². The Hall–Kier alpha value is -2.52. The normalized spacial score (nSPS) is 12.5. The van der Waals surface area contributed by atoms with Gasteiger partial charge in [0.25, 0.3) is 6.47 Å². The van der Waals surface area contributed by atoms with Crippen molar-refractivity contribution in [2.75, 3.05) is 20.3 Å². The number of unbranched alkanes of at least 4 members (excludes halogenated alkanes) is 1. The Labute approximate surface area is 139 Å². The zero-order valence-electron chi connectivity index (χ0n) is 14.1. The molecule has 10 nitrogen and oxygen atoms in total. The molecule has 1 unspecified atom stereocenters. The Kier molecular flexibility index (Phi) is 9.92. The number of rotatable bonds is 10. The lowest BCUT2D eigenvalue weighted by atomic mass is 10.2. The van der Waals surface area contributed by atoms with Crippen molar-refractivity contribution in [3.05, 3.63) is 0 Å². The van der Waals surface area contributed by atoms with Crippen LogP contribution >= 0.6 is 0 Å². The van der Waals surface area contributed by atoms with Gasteiger partial charge in [-0.15, -0.1) is 0 Å². The third-order valence-corrected chi connectivity index (χ3v) is 2.33. The highest BCUT2D eigenvalue weighted by Crippen LogP contribution is 2.19. The molecule has 0 saturated heterocycles. The van der Waals surface area contributed by atoms with Gasteiger partial charge in [0.05, 0.1) is 20.3 Å². The van der Waals surface area contributed by atoms with Crippen LogP contribution in [0.2, 0.25) is 0 Å². The van der Waals surface area contributed by atoms with Gasteiger partial charge >= 0.3 is 24.3 Å². The van der Waals surface area contributed by atoms with Crippen molar-refractivity contribution >= 4 is 24.8 Å². The first kappa shape index (κ1) is 21.5. The summed E-state index contributed by atoms with van der Waals surface area (Å²) in [6.45, 7) is 5.06. The molecule has 0 rings (SSSR count). The maximum Gasteiger partial charge on any atom is 0.534 e. The fraction of sp³-hybridized carbons (Fsp3) is 0.714. The second-order valence-electron chi connectivity index (χ2n) is 4.87. The van der Waals surface area contributed by atoms with Crippen LogP contribution in [-0.2, 0) is 38.0 Å². The third kappa shape index (κ3) is 7.65. The first-order valence-corrected chi connectivity index (χ1v) is 7.22. The summed E-state index contributed by atoms with van der Waals surface area (Å²) in [5.74, 6) is -4.59. The molecule has 0 aromatic carbocycles. The third-order valence-electron chi connectivity index (χ3n) is 2.33. The number of carbonyl (C=O) groups is 4. The highest BCUT2D eigenvalue weighted by atomic mass is 17.0. The van der Waals surface area contributed by atoms with Crippen LogP contribution in [0.25, 0.3) is 0 Å². The minimum absolute atomic E-state index is 0.00846. The number of hydrogen-bond acceptors (Lipinski definition) is 10. The van der Waals surface area contributed by atoms with E-state index in [1.165, 1.54) is 0 Å². The van der Waals surface area contributed by atoms with Gasteiger partial charge < -0.3 is 28.4 Å². The van der Waals surface area contributed by atoms with Crippen molar-refractivity contribution < 1.29 is 47.6 Å². The van der Waals surface area contributed by atoms with Gasteiger partial charge in [0.15, 0.2) is 0 Å². The second-order valence-corrected chi connectivity index (χ2v) is 4.87. The molecular formula is C14H22O10. The Morgan fingerprint density at radius 2 is 1.67 bits per heavy atom. The zero-order chi connectivity index (χ0) is 18.6. The number of hydrogen-bond donors (Lipinski definition) is 0. The van der Waals surface area contributed by atoms with Crippen LogP contribution in [0.3, 0.4) is 0 Å². The predicted molar refractivity (Wildman–Crippen MR) is 76.5 cm³/mol. The van der Waals surface area contributed by atoms with E-state index < -0.39 is 24.3 Å². The van der Waals surface area contributed by atoms with Crippen LogP contribution in [0, 0.1) is 5.92 Å². The van der Waals surface area contributed by atoms with E-state index in [1.54, 1.807) is 13.8 Å². The highest BCUT2D eigenvalue weighted by molar-refractivity contribution is 5.82.